The maximum absolute atomic E-state index is 14.2. The molecule has 2 aromatic heterocycles. The third-order valence-corrected chi connectivity index (χ3v) is 3.87. The first-order valence-electron chi connectivity index (χ1n) is 8.23. The number of aryl methyl sites for hydroxylation is 1. The van der Waals surface area contributed by atoms with Crippen molar-refractivity contribution in [3.8, 4) is 11.3 Å². The van der Waals surface area contributed by atoms with E-state index in [1.165, 1.54) is 12.1 Å². The zero-order valence-electron chi connectivity index (χ0n) is 15.1. The molecule has 0 aliphatic rings. The summed E-state index contributed by atoms with van der Waals surface area (Å²) >= 11 is 0. The Morgan fingerprint density at radius 2 is 2.00 bits per heavy atom. The minimum absolute atomic E-state index is 0.339. The van der Waals surface area contributed by atoms with Crippen molar-refractivity contribution in [2.75, 3.05) is 10.6 Å². The van der Waals surface area contributed by atoms with Gasteiger partial charge >= 0.3 is 6.18 Å². The smallest absolute Gasteiger partial charge is 0.340 e. The molecule has 0 bridgehead atoms. The number of imidazole rings is 1. The number of nitrogens with one attached hydrogen (secondary N) is 2. The highest BCUT2D eigenvalue weighted by atomic mass is 19.4. The predicted molar refractivity (Wildman–Crippen MR) is 100.0 cm³/mol. The molecule has 0 spiro atoms. The van der Waals surface area contributed by atoms with Crippen molar-refractivity contribution in [3.05, 3.63) is 67.0 Å². The van der Waals surface area contributed by atoms with Crippen LogP contribution in [0.1, 0.15) is 5.56 Å². The average Bonchev–Trinajstić information content (AvgIpc) is 3.09. The van der Waals surface area contributed by atoms with Gasteiger partial charge in [-0.3, -0.25) is 4.79 Å². The molecule has 0 aliphatic heterocycles. The summed E-state index contributed by atoms with van der Waals surface area (Å²) in [5.41, 5.74) is 0.562. The Morgan fingerprint density at radius 3 is 2.59 bits per heavy atom. The Bertz CT molecular complexity index is 1070. The van der Waals surface area contributed by atoms with E-state index in [1.807, 2.05) is 0 Å². The van der Waals surface area contributed by atoms with Crippen LogP contribution in [-0.4, -0.2) is 20.4 Å². The van der Waals surface area contributed by atoms with Crippen LogP contribution in [-0.2, 0) is 18.0 Å². The van der Waals surface area contributed by atoms with Crippen LogP contribution in [0.3, 0.4) is 0 Å². The predicted octanol–water partition coefficient (Wildman–Crippen LogP) is 4.51. The van der Waals surface area contributed by atoms with Crippen LogP contribution in [0.25, 0.3) is 11.3 Å². The molecular weight excluding hydrogens is 390 g/mol. The molecule has 29 heavy (non-hydrogen) atoms. The Hall–Kier alpha value is -3.69. The van der Waals surface area contributed by atoms with Gasteiger partial charge in [0, 0.05) is 36.4 Å². The molecule has 0 saturated carbocycles. The van der Waals surface area contributed by atoms with Crippen LogP contribution in [0, 0.1) is 5.82 Å². The quantitative estimate of drug-likeness (QED) is 0.484. The molecule has 10 heteroatoms. The van der Waals surface area contributed by atoms with E-state index in [1.54, 1.807) is 30.2 Å². The molecule has 3 rings (SSSR count). The highest BCUT2D eigenvalue weighted by Gasteiger charge is 2.32. The molecule has 0 radical (unpaired) electrons. The number of rotatable bonds is 5. The van der Waals surface area contributed by atoms with Gasteiger partial charge in [0.05, 0.1) is 17.6 Å². The van der Waals surface area contributed by atoms with Crippen molar-refractivity contribution < 1.29 is 22.4 Å². The molecule has 0 fully saturated rings. The van der Waals surface area contributed by atoms with Crippen LogP contribution < -0.4 is 10.6 Å². The molecule has 0 saturated heterocycles. The largest absolute Gasteiger partial charge is 0.417 e. The molecule has 1 amide bonds. The van der Waals surface area contributed by atoms with Crippen LogP contribution in [0.15, 0.2) is 55.6 Å². The van der Waals surface area contributed by atoms with Gasteiger partial charge in [0.2, 0.25) is 5.91 Å². The van der Waals surface area contributed by atoms with Crippen molar-refractivity contribution in [2.45, 2.75) is 6.18 Å². The Balaban J connectivity index is 2.00. The fraction of sp³-hybridized carbons (Fsp3) is 0.105. The summed E-state index contributed by atoms with van der Waals surface area (Å²) in [6.07, 6.45) is 0.191. The molecule has 2 N–H and O–H groups in total. The van der Waals surface area contributed by atoms with Gasteiger partial charge in [0.25, 0.3) is 0 Å². The summed E-state index contributed by atoms with van der Waals surface area (Å²) in [7, 11) is 1.75. The van der Waals surface area contributed by atoms with E-state index in [0.29, 0.717) is 34.9 Å². The van der Waals surface area contributed by atoms with Gasteiger partial charge in [-0.2, -0.15) is 13.2 Å². The summed E-state index contributed by atoms with van der Waals surface area (Å²) in [6.45, 7) is 3.38. The number of benzene rings is 1. The first-order valence-corrected chi connectivity index (χ1v) is 8.23. The number of amides is 1. The van der Waals surface area contributed by atoms with Crippen molar-refractivity contribution in [3.63, 3.8) is 0 Å². The van der Waals surface area contributed by atoms with Gasteiger partial charge in [-0.1, -0.05) is 6.58 Å². The van der Waals surface area contributed by atoms with E-state index in [2.05, 4.69) is 27.2 Å². The van der Waals surface area contributed by atoms with Crippen LogP contribution in [0.4, 0.5) is 34.8 Å². The van der Waals surface area contributed by atoms with Gasteiger partial charge in [0.15, 0.2) is 11.6 Å². The minimum atomic E-state index is -4.70. The minimum Gasteiger partial charge on any atom is -0.340 e. The third kappa shape index (κ3) is 4.60. The fourth-order valence-electron chi connectivity index (χ4n) is 2.50. The van der Waals surface area contributed by atoms with Crippen molar-refractivity contribution >= 4 is 23.1 Å². The van der Waals surface area contributed by atoms with Crippen LogP contribution in [0.5, 0.6) is 0 Å². The topological polar surface area (TPSA) is 71.8 Å². The zero-order chi connectivity index (χ0) is 21.2. The fourth-order valence-corrected chi connectivity index (χ4v) is 2.50. The Kier molecular flexibility index (Phi) is 5.35. The number of hydrogen-bond donors (Lipinski definition) is 2. The van der Waals surface area contributed by atoms with E-state index < -0.39 is 23.5 Å². The van der Waals surface area contributed by atoms with Crippen molar-refractivity contribution in [1.82, 2.24) is 14.5 Å². The van der Waals surface area contributed by atoms with Gasteiger partial charge in [-0.05, 0) is 30.3 Å². The summed E-state index contributed by atoms with van der Waals surface area (Å²) in [6, 6.07) is 5.03. The average molecular weight is 405 g/mol. The number of halogens is 4. The number of nitrogens with zero attached hydrogens (tertiary/aromatic N) is 3. The van der Waals surface area contributed by atoms with E-state index in [-0.39, 0.29) is 5.82 Å². The molecule has 0 aliphatic carbocycles. The number of anilines is 3. The van der Waals surface area contributed by atoms with Gasteiger partial charge < -0.3 is 15.2 Å². The lowest BCUT2D eigenvalue weighted by Crippen LogP contribution is -2.09. The van der Waals surface area contributed by atoms with E-state index in [4.69, 9.17) is 0 Å². The molecule has 6 nitrogen and oxygen atoms in total. The summed E-state index contributed by atoms with van der Waals surface area (Å²) < 4.78 is 54.0. The first kappa shape index (κ1) is 20.1. The number of alkyl halides is 3. The van der Waals surface area contributed by atoms with Crippen LogP contribution in [0.2, 0.25) is 0 Å². The number of hydrogen-bond acceptors (Lipinski definition) is 4. The summed E-state index contributed by atoms with van der Waals surface area (Å²) in [5.74, 6) is -1.96. The Labute approximate surface area is 162 Å². The lowest BCUT2D eigenvalue weighted by atomic mass is 10.1. The lowest BCUT2D eigenvalue weighted by Gasteiger charge is -2.14. The summed E-state index contributed by atoms with van der Waals surface area (Å²) in [5, 5.41) is 5.29. The summed E-state index contributed by atoms with van der Waals surface area (Å²) in [4.78, 5) is 19.3. The number of aromatic nitrogens is 3. The van der Waals surface area contributed by atoms with Gasteiger partial charge in [-0.25, -0.2) is 14.4 Å². The standard InChI is InChI=1S/C19H15F4N5O/c1-3-17(29)26-12-4-5-15(13(7-12)16-9-28(2)10-25-16)27-18-14(20)6-11(8-24-18)19(21,22)23/h3-10H,1H2,2H3,(H,24,27)(H,26,29). The van der Waals surface area contributed by atoms with Gasteiger partial charge in [-0.15, -0.1) is 0 Å². The lowest BCUT2D eigenvalue weighted by molar-refractivity contribution is -0.138. The molecular formula is C19H15F4N5O. The number of carbonyl (C=O) groups is 1. The zero-order valence-corrected chi connectivity index (χ0v) is 15.1. The molecule has 150 valence electrons. The highest BCUT2D eigenvalue weighted by molar-refractivity contribution is 5.99. The first-order chi connectivity index (χ1) is 13.7. The van der Waals surface area contributed by atoms with E-state index in [0.717, 1.165) is 6.08 Å². The Morgan fingerprint density at radius 1 is 1.24 bits per heavy atom. The van der Waals surface area contributed by atoms with Gasteiger partial charge in [0.1, 0.15) is 0 Å². The second kappa shape index (κ2) is 7.74. The van der Waals surface area contributed by atoms with E-state index >= 15 is 0 Å². The van der Waals surface area contributed by atoms with E-state index in [9.17, 15) is 22.4 Å². The SMILES string of the molecule is C=CC(=O)Nc1ccc(Nc2ncc(C(F)(F)F)cc2F)c(-c2cn(C)cn2)c1. The van der Waals surface area contributed by atoms with Crippen molar-refractivity contribution in [2.24, 2.45) is 7.05 Å². The molecule has 1 aromatic carbocycles. The van der Waals surface area contributed by atoms with Crippen molar-refractivity contribution in [1.29, 1.82) is 0 Å². The maximum Gasteiger partial charge on any atom is 0.417 e. The molecule has 2 heterocycles. The second-order valence-corrected chi connectivity index (χ2v) is 6.06. The van der Waals surface area contributed by atoms with Crippen LogP contribution >= 0.6 is 0 Å². The highest BCUT2D eigenvalue weighted by Crippen LogP contribution is 2.34. The molecule has 3 aromatic rings. The molecule has 0 atom stereocenters. The number of carbonyl (C=O) groups excluding carboxylic acids is 1. The monoisotopic (exact) mass is 405 g/mol. The second-order valence-electron chi connectivity index (χ2n) is 6.06. The molecule has 0 unspecified atom stereocenters. The third-order valence-electron chi connectivity index (χ3n) is 3.87. The number of pyridine rings is 1. The normalized spacial score (nSPS) is 11.2. The maximum atomic E-state index is 14.2.